The van der Waals surface area contributed by atoms with E-state index in [2.05, 4.69) is 53.4 Å². The summed E-state index contributed by atoms with van der Waals surface area (Å²) < 4.78 is 5.94. The number of hydrogen-bond acceptors (Lipinski definition) is 5. The van der Waals surface area contributed by atoms with Gasteiger partial charge in [-0.1, -0.05) is 108 Å². The number of unbranched alkanes of at least 4 members (excludes halogenated alkanes) is 10. The largest absolute Gasteiger partial charge is 0.494 e. The minimum Gasteiger partial charge on any atom is -0.494 e. The molecule has 1 heterocycles. The normalized spacial score (nSPS) is 15.3. The third-order valence-corrected chi connectivity index (χ3v) is 6.48. The monoisotopic (exact) mass is 476 g/mol. The van der Waals surface area contributed by atoms with Gasteiger partial charge in [0.1, 0.15) is 5.75 Å². The summed E-state index contributed by atoms with van der Waals surface area (Å²) in [6, 6.07) is 18.5. The molecule has 0 spiro atoms. The van der Waals surface area contributed by atoms with Crippen LogP contribution >= 0.6 is 0 Å². The second kappa shape index (κ2) is 16.1. The maximum atomic E-state index is 5.94. The second-order valence-electron chi connectivity index (χ2n) is 9.49. The van der Waals surface area contributed by atoms with Crippen LogP contribution in [0.4, 0.5) is 0 Å². The van der Waals surface area contributed by atoms with Crippen molar-refractivity contribution in [1.29, 1.82) is 0 Å². The Bertz CT molecular complexity index is 879. The minimum absolute atomic E-state index is 0.157. The lowest BCUT2D eigenvalue weighted by molar-refractivity contribution is 0.194. The molecule has 3 rings (SSSR count). The predicted molar refractivity (Wildman–Crippen MR) is 146 cm³/mol. The third kappa shape index (κ3) is 9.46. The summed E-state index contributed by atoms with van der Waals surface area (Å²) in [4.78, 5) is 0. The van der Waals surface area contributed by atoms with Crippen LogP contribution in [0.1, 0.15) is 108 Å². The van der Waals surface area contributed by atoms with E-state index in [1.807, 2.05) is 30.3 Å². The highest BCUT2D eigenvalue weighted by Gasteiger charge is 2.23. The molecule has 1 unspecified atom stereocenters. The molecule has 1 aliphatic heterocycles. The van der Waals surface area contributed by atoms with Crippen molar-refractivity contribution in [3.05, 3.63) is 65.7 Å². The lowest BCUT2D eigenvalue weighted by Gasteiger charge is -2.29. The Hall–Kier alpha value is -2.69. The molecule has 5 nitrogen and oxygen atoms in total. The van der Waals surface area contributed by atoms with Crippen molar-refractivity contribution in [3.8, 4) is 5.75 Å². The topological polar surface area (TPSA) is 49.5 Å². The van der Waals surface area contributed by atoms with Crippen LogP contribution in [0.25, 0.3) is 0 Å². The Morgan fingerprint density at radius 1 is 0.714 bits per heavy atom. The van der Waals surface area contributed by atoms with Crippen LogP contribution in [0.2, 0.25) is 0 Å². The quantitative estimate of drug-likeness (QED) is 0.214. The Kier molecular flexibility index (Phi) is 12.4. The molecule has 0 bridgehead atoms. The fraction of sp³-hybridized carbons (Fsp3) is 0.567. The first-order valence-electron chi connectivity index (χ1n) is 13.9. The van der Waals surface area contributed by atoms with E-state index in [0.717, 1.165) is 42.9 Å². The molecule has 0 saturated heterocycles. The number of amidine groups is 1. The van der Waals surface area contributed by atoms with Gasteiger partial charge in [0.05, 0.1) is 6.61 Å². The number of ether oxygens (including phenoxy) is 1. The fourth-order valence-electron chi connectivity index (χ4n) is 4.34. The van der Waals surface area contributed by atoms with Gasteiger partial charge in [-0.3, -0.25) is 5.01 Å². The number of hydrazone groups is 1. The van der Waals surface area contributed by atoms with Crippen LogP contribution in [0.5, 0.6) is 5.75 Å². The lowest BCUT2D eigenvalue weighted by Crippen LogP contribution is -2.28. The van der Waals surface area contributed by atoms with E-state index in [-0.39, 0.29) is 6.17 Å². The van der Waals surface area contributed by atoms with Gasteiger partial charge in [0.25, 0.3) is 0 Å². The highest BCUT2D eigenvalue weighted by molar-refractivity contribution is 5.99. The minimum atomic E-state index is -0.157. The third-order valence-electron chi connectivity index (χ3n) is 6.48. The van der Waals surface area contributed by atoms with Crippen molar-refractivity contribution < 1.29 is 4.74 Å². The zero-order valence-electron chi connectivity index (χ0n) is 21.9. The van der Waals surface area contributed by atoms with E-state index in [9.17, 15) is 0 Å². The van der Waals surface area contributed by atoms with E-state index in [4.69, 9.17) is 9.84 Å². The van der Waals surface area contributed by atoms with Gasteiger partial charge >= 0.3 is 0 Å². The average molecular weight is 477 g/mol. The van der Waals surface area contributed by atoms with Crippen molar-refractivity contribution in [2.75, 3.05) is 13.2 Å². The molecular weight excluding hydrogens is 432 g/mol. The van der Waals surface area contributed by atoms with Gasteiger partial charge in [-0.15, -0.1) is 5.11 Å². The molecule has 35 heavy (non-hydrogen) atoms. The van der Waals surface area contributed by atoms with Crippen molar-refractivity contribution in [2.45, 2.75) is 97.1 Å². The summed E-state index contributed by atoms with van der Waals surface area (Å²) in [7, 11) is 0. The van der Waals surface area contributed by atoms with Gasteiger partial charge in [0, 0.05) is 12.1 Å². The van der Waals surface area contributed by atoms with Crippen LogP contribution in [0.15, 0.2) is 69.9 Å². The number of benzene rings is 2. The molecule has 0 saturated carbocycles. The molecular formula is C30H44N4O. The summed E-state index contributed by atoms with van der Waals surface area (Å²) in [6.45, 7) is 6.17. The maximum Gasteiger partial charge on any atom is 0.200 e. The van der Waals surface area contributed by atoms with Crippen LogP contribution in [0, 0.1) is 0 Å². The molecule has 2 aromatic rings. The summed E-state index contributed by atoms with van der Waals surface area (Å²) in [5.74, 6) is 1.58. The number of rotatable bonds is 17. The molecule has 0 fully saturated rings. The molecule has 190 valence electrons. The van der Waals surface area contributed by atoms with Gasteiger partial charge in [-0.05, 0) is 42.7 Å². The summed E-state index contributed by atoms with van der Waals surface area (Å²) >= 11 is 0. The van der Waals surface area contributed by atoms with Gasteiger partial charge in [-0.25, -0.2) is 0 Å². The SMILES string of the molecule is CCCCCCCCOc1ccc(C2=NN(CCCCCCCC)C(c3ccccc3)N=N2)cc1. The summed E-state index contributed by atoms with van der Waals surface area (Å²) in [5, 5.41) is 16.2. The average Bonchev–Trinajstić information content (AvgIpc) is 2.91. The standard InChI is InChI=1S/C30H44N4O/c1-3-5-7-9-11-16-24-34-30(27-18-14-13-15-19-27)32-31-29(33-34)26-20-22-28(23-21-26)35-25-17-12-10-8-6-4-2/h13-15,18-23,30H,3-12,16-17,24-25H2,1-2H3. The number of hydrogen-bond donors (Lipinski definition) is 0. The Morgan fingerprint density at radius 2 is 1.34 bits per heavy atom. The molecule has 0 aliphatic carbocycles. The van der Waals surface area contributed by atoms with Crippen molar-refractivity contribution in [1.82, 2.24) is 5.01 Å². The smallest absolute Gasteiger partial charge is 0.200 e. The number of azo groups is 1. The molecule has 1 atom stereocenters. The van der Waals surface area contributed by atoms with E-state index >= 15 is 0 Å². The van der Waals surface area contributed by atoms with Crippen LogP contribution in [-0.2, 0) is 0 Å². The first kappa shape index (κ1) is 26.9. The number of nitrogens with zero attached hydrogens (tertiary/aromatic N) is 4. The molecule has 0 amide bonds. The Balaban J connectivity index is 1.56. The zero-order chi connectivity index (χ0) is 24.6. The van der Waals surface area contributed by atoms with Crippen molar-refractivity contribution >= 4 is 5.84 Å². The van der Waals surface area contributed by atoms with Crippen LogP contribution in [0.3, 0.4) is 0 Å². The first-order valence-corrected chi connectivity index (χ1v) is 13.9. The Morgan fingerprint density at radius 3 is 2.03 bits per heavy atom. The van der Waals surface area contributed by atoms with Crippen LogP contribution in [-0.4, -0.2) is 24.0 Å². The molecule has 1 aliphatic rings. The summed E-state index contributed by atoms with van der Waals surface area (Å²) in [5.41, 5.74) is 2.10. The first-order chi connectivity index (χ1) is 17.3. The lowest BCUT2D eigenvalue weighted by atomic mass is 10.1. The molecule has 0 aromatic heterocycles. The molecule has 5 heteroatoms. The second-order valence-corrected chi connectivity index (χ2v) is 9.49. The van der Waals surface area contributed by atoms with E-state index in [1.165, 1.54) is 64.2 Å². The fourth-order valence-corrected chi connectivity index (χ4v) is 4.34. The highest BCUT2D eigenvalue weighted by atomic mass is 16.5. The van der Waals surface area contributed by atoms with Crippen molar-refractivity contribution in [3.63, 3.8) is 0 Å². The van der Waals surface area contributed by atoms with Crippen molar-refractivity contribution in [2.24, 2.45) is 15.3 Å². The van der Waals surface area contributed by atoms with Gasteiger partial charge in [0.15, 0.2) is 6.17 Å². The van der Waals surface area contributed by atoms with Gasteiger partial charge in [-0.2, -0.15) is 10.2 Å². The molecule has 0 radical (unpaired) electrons. The van der Waals surface area contributed by atoms with E-state index in [0.29, 0.717) is 5.84 Å². The predicted octanol–water partition coefficient (Wildman–Crippen LogP) is 8.91. The summed E-state index contributed by atoms with van der Waals surface area (Å²) in [6.07, 6.45) is 15.0. The highest BCUT2D eigenvalue weighted by Crippen LogP contribution is 2.28. The van der Waals surface area contributed by atoms with E-state index < -0.39 is 0 Å². The molecule has 0 N–H and O–H groups in total. The van der Waals surface area contributed by atoms with Crippen LogP contribution < -0.4 is 4.74 Å². The zero-order valence-corrected chi connectivity index (χ0v) is 21.9. The molecule has 2 aromatic carbocycles. The van der Waals surface area contributed by atoms with E-state index in [1.54, 1.807) is 0 Å². The van der Waals surface area contributed by atoms with Gasteiger partial charge in [0.2, 0.25) is 5.84 Å². The Labute approximate surface area is 212 Å². The van der Waals surface area contributed by atoms with Gasteiger partial charge < -0.3 is 4.74 Å². The maximum absolute atomic E-state index is 5.94.